The highest BCUT2D eigenvalue weighted by Crippen LogP contribution is 2.60. The standard InChI is InChI=1S/C21H26N2O3/c1-3-20-10-6-11-22-12-9-15-14-7-4-5-8-16(14)23(17(15)18(20)22)21(25,13-20)19(24)26-2/h4-5,7-8,18,25H,3,6,9-13H2,1-2H3/t18?,20-,21-/m0/s1. The smallest absolute Gasteiger partial charge is 0.359 e. The van der Waals surface area contributed by atoms with E-state index in [2.05, 4.69) is 17.9 Å². The van der Waals surface area contributed by atoms with Gasteiger partial charge in [0.25, 0.3) is 0 Å². The molecule has 1 aromatic carbocycles. The van der Waals surface area contributed by atoms with Crippen molar-refractivity contribution in [3.05, 3.63) is 35.5 Å². The van der Waals surface area contributed by atoms with Crippen molar-refractivity contribution in [3.63, 3.8) is 0 Å². The van der Waals surface area contributed by atoms with Crippen LogP contribution in [0.2, 0.25) is 0 Å². The van der Waals surface area contributed by atoms with Gasteiger partial charge in [0.05, 0.1) is 18.7 Å². The third-order valence-corrected chi connectivity index (χ3v) is 7.18. The summed E-state index contributed by atoms with van der Waals surface area (Å²) in [7, 11) is 1.37. The van der Waals surface area contributed by atoms with Gasteiger partial charge in [0, 0.05) is 24.0 Å². The first-order chi connectivity index (χ1) is 12.6. The molecule has 26 heavy (non-hydrogen) atoms. The van der Waals surface area contributed by atoms with Crippen LogP contribution in [-0.2, 0) is 21.7 Å². The van der Waals surface area contributed by atoms with Gasteiger partial charge in [0.2, 0.25) is 5.72 Å². The molecule has 1 N–H and O–H groups in total. The third kappa shape index (κ3) is 1.80. The number of aliphatic hydroxyl groups is 1. The molecule has 3 aliphatic rings. The van der Waals surface area contributed by atoms with Gasteiger partial charge >= 0.3 is 5.97 Å². The van der Waals surface area contributed by atoms with Gasteiger partial charge in [-0.05, 0) is 49.3 Å². The first-order valence-corrected chi connectivity index (χ1v) is 9.73. The largest absolute Gasteiger partial charge is 0.465 e. The lowest BCUT2D eigenvalue weighted by atomic mass is 9.62. The summed E-state index contributed by atoms with van der Waals surface area (Å²) < 4.78 is 7.01. The zero-order valence-corrected chi connectivity index (χ0v) is 15.5. The van der Waals surface area contributed by atoms with Crippen molar-refractivity contribution in [2.24, 2.45) is 5.41 Å². The number of aromatic nitrogens is 1. The first kappa shape index (κ1) is 16.3. The number of nitrogens with zero attached hydrogens (tertiary/aromatic N) is 2. The summed E-state index contributed by atoms with van der Waals surface area (Å²) >= 11 is 0. The Morgan fingerprint density at radius 3 is 2.92 bits per heavy atom. The second kappa shape index (κ2) is 5.33. The molecule has 0 radical (unpaired) electrons. The van der Waals surface area contributed by atoms with Crippen LogP contribution in [-0.4, -0.2) is 40.7 Å². The maximum Gasteiger partial charge on any atom is 0.359 e. The highest BCUT2D eigenvalue weighted by Gasteiger charge is 2.60. The number of esters is 1. The van der Waals surface area contributed by atoms with Crippen molar-refractivity contribution in [3.8, 4) is 0 Å². The number of carbonyl (C=O) groups is 1. The van der Waals surface area contributed by atoms with Crippen LogP contribution >= 0.6 is 0 Å². The number of hydrogen-bond acceptors (Lipinski definition) is 4. The SMILES string of the molecule is CC[C@]12CCCN3CCc4c(n(c5ccccc45)[C@@](O)(C(=O)OC)C1)C32. The number of hydrogen-bond donors (Lipinski definition) is 1. The summed E-state index contributed by atoms with van der Waals surface area (Å²) in [5, 5.41) is 12.9. The lowest BCUT2D eigenvalue weighted by Crippen LogP contribution is -2.60. The zero-order chi connectivity index (χ0) is 18.1. The number of carbonyl (C=O) groups excluding carboxylic acids is 1. The Bertz CT molecular complexity index is 904. The van der Waals surface area contributed by atoms with E-state index in [0.717, 1.165) is 50.0 Å². The van der Waals surface area contributed by atoms with Crippen molar-refractivity contribution < 1.29 is 14.6 Å². The molecule has 5 heteroatoms. The van der Waals surface area contributed by atoms with E-state index < -0.39 is 11.7 Å². The maximum atomic E-state index is 12.8. The molecule has 1 unspecified atom stereocenters. The van der Waals surface area contributed by atoms with Gasteiger partial charge in [-0.25, -0.2) is 4.79 Å². The summed E-state index contributed by atoms with van der Waals surface area (Å²) in [5.74, 6) is -0.546. The second-order valence-corrected chi connectivity index (χ2v) is 8.21. The molecule has 0 spiro atoms. The fourth-order valence-electron chi connectivity index (χ4n) is 6.10. The Morgan fingerprint density at radius 1 is 1.35 bits per heavy atom. The van der Waals surface area contributed by atoms with Gasteiger partial charge in [-0.1, -0.05) is 25.1 Å². The Hall–Kier alpha value is -1.85. The van der Waals surface area contributed by atoms with Crippen LogP contribution in [0.5, 0.6) is 0 Å². The van der Waals surface area contributed by atoms with Crippen LogP contribution in [0, 0.1) is 5.41 Å². The Balaban J connectivity index is 1.89. The number of piperidine rings is 1. The number of methoxy groups -OCH3 is 1. The van der Waals surface area contributed by atoms with Crippen molar-refractivity contribution >= 4 is 16.9 Å². The minimum absolute atomic E-state index is 0.0826. The van der Waals surface area contributed by atoms with Crippen LogP contribution in [0.1, 0.15) is 49.9 Å². The van der Waals surface area contributed by atoms with Gasteiger partial charge in [-0.2, -0.15) is 0 Å². The molecule has 138 valence electrons. The number of para-hydroxylation sites is 1. The maximum absolute atomic E-state index is 12.8. The highest BCUT2D eigenvalue weighted by molar-refractivity contribution is 5.90. The summed E-state index contributed by atoms with van der Waals surface area (Å²) in [6, 6.07) is 8.45. The molecule has 2 aromatic rings. The molecular formula is C21H26N2O3. The van der Waals surface area contributed by atoms with E-state index in [4.69, 9.17) is 4.74 Å². The van der Waals surface area contributed by atoms with Crippen molar-refractivity contribution in [1.82, 2.24) is 9.47 Å². The minimum Gasteiger partial charge on any atom is -0.465 e. The zero-order valence-electron chi connectivity index (χ0n) is 15.5. The van der Waals surface area contributed by atoms with E-state index in [9.17, 15) is 9.90 Å². The van der Waals surface area contributed by atoms with E-state index in [1.165, 1.54) is 18.1 Å². The van der Waals surface area contributed by atoms with Crippen LogP contribution in [0.15, 0.2) is 24.3 Å². The van der Waals surface area contributed by atoms with Crippen LogP contribution in [0.4, 0.5) is 0 Å². The number of ether oxygens (including phenoxy) is 1. The summed E-state index contributed by atoms with van der Waals surface area (Å²) in [5.41, 5.74) is 1.69. The monoisotopic (exact) mass is 354 g/mol. The van der Waals surface area contributed by atoms with Gasteiger partial charge < -0.3 is 14.4 Å². The lowest BCUT2D eigenvalue weighted by molar-refractivity contribution is -0.194. The first-order valence-electron chi connectivity index (χ1n) is 9.73. The predicted octanol–water partition coefficient (Wildman–Crippen LogP) is 2.95. The van der Waals surface area contributed by atoms with E-state index in [1.807, 2.05) is 22.8 Å². The normalized spacial score (nSPS) is 33.1. The molecule has 5 rings (SSSR count). The molecule has 3 atom stereocenters. The molecule has 0 bridgehead atoms. The number of rotatable bonds is 2. The van der Waals surface area contributed by atoms with E-state index >= 15 is 0 Å². The molecule has 0 saturated carbocycles. The third-order valence-electron chi connectivity index (χ3n) is 7.18. The van der Waals surface area contributed by atoms with Gasteiger partial charge in [0.15, 0.2) is 0 Å². The summed E-state index contributed by atoms with van der Waals surface area (Å²) in [6.45, 7) is 4.36. The van der Waals surface area contributed by atoms with E-state index in [1.54, 1.807) is 0 Å². The van der Waals surface area contributed by atoms with Crippen LogP contribution in [0.25, 0.3) is 10.9 Å². The van der Waals surface area contributed by atoms with Crippen LogP contribution < -0.4 is 0 Å². The average Bonchev–Trinajstić information content (AvgIpc) is 3.02. The molecule has 0 amide bonds. The van der Waals surface area contributed by atoms with Gasteiger partial charge in [-0.15, -0.1) is 0 Å². The van der Waals surface area contributed by atoms with Crippen molar-refractivity contribution in [1.29, 1.82) is 0 Å². The molecule has 0 aliphatic carbocycles. The summed E-state index contributed by atoms with van der Waals surface area (Å²) in [6.07, 6.45) is 4.52. The lowest BCUT2D eigenvalue weighted by Gasteiger charge is -2.57. The topological polar surface area (TPSA) is 54.7 Å². The number of fused-ring (bicyclic) bond motifs is 3. The van der Waals surface area contributed by atoms with Gasteiger partial charge in [0.1, 0.15) is 0 Å². The van der Waals surface area contributed by atoms with Crippen molar-refractivity contribution in [2.75, 3.05) is 20.2 Å². The van der Waals surface area contributed by atoms with E-state index in [0.29, 0.717) is 6.42 Å². The minimum atomic E-state index is -1.63. The Morgan fingerprint density at radius 2 is 2.15 bits per heavy atom. The summed E-state index contributed by atoms with van der Waals surface area (Å²) in [4.78, 5) is 15.4. The predicted molar refractivity (Wildman–Crippen MR) is 98.7 cm³/mol. The quantitative estimate of drug-likeness (QED) is 0.843. The van der Waals surface area contributed by atoms with Gasteiger partial charge in [-0.3, -0.25) is 4.90 Å². The molecule has 1 saturated heterocycles. The fourth-order valence-corrected chi connectivity index (χ4v) is 6.10. The average molecular weight is 354 g/mol. The molecule has 4 heterocycles. The Kier molecular flexibility index (Phi) is 3.35. The second-order valence-electron chi connectivity index (χ2n) is 8.21. The van der Waals surface area contributed by atoms with Crippen molar-refractivity contribution in [2.45, 2.75) is 50.8 Å². The van der Waals surface area contributed by atoms with E-state index in [-0.39, 0.29) is 11.5 Å². The highest BCUT2D eigenvalue weighted by atomic mass is 16.5. The Labute approximate surface area is 153 Å². The fraction of sp³-hybridized carbons (Fsp3) is 0.571. The molecular weight excluding hydrogens is 328 g/mol. The molecule has 1 fully saturated rings. The molecule has 3 aliphatic heterocycles. The molecule has 1 aromatic heterocycles. The number of benzene rings is 1. The van der Waals surface area contributed by atoms with Crippen LogP contribution in [0.3, 0.4) is 0 Å². The molecule has 5 nitrogen and oxygen atoms in total.